The average molecular weight is 214 g/mol. The minimum absolute atomic E-state index is 0.545. The number of ether oxygens (including phenoxy) is 1. The summed E-state index contributed by atoms with van der Waals surface area (Å²) in [4.78, 5) is 10.8. The first-order valence-corrected chi connectivity index (χ1v) is 4.58. The van der Waals surface area contributed by atoms with Crippen molar-refractivity contribution in [3.63, 3.8) is 0 Å². The van der Waals surface area contributed by atoms with Crippen LogP contribution in [0.15, 0.2) is 18.2 Å². The smallest absolute Gasteiger partial charge is 0.240 e. The molecule has 0 aliphatic carbocycles. The van der Waals surface area contributed by atoms with E-state index in [0.717, 1.165) is 11.3 Å². The Morgan fingerprint density at radius 1 is 1.57 bits per heavy atom. The monoisotopic (exact) mass is 213 g/mol. The molecule has 0 aromatic heterocycles. The van der Waals surface area contributed by atoms with Crippen molar-refractivity contribution < 1.29 is 9.53 Å². The van der Waals surface area contributed by atoms with Gasteiger partial charge in [0.2, 0.25) is 5.91 Å². The van der Waals surface area contributed by atoms with Crippen LogP contribution in [-0.4, -0.2) is 13.0 Å². The van der Waals surface area contributed by atoms with Crippen molar-refractivity contribution in [2.75, 3.05) is 7.11 Å². The lowest BCUT2D eigenvalue weighted by Gasteiger charge is -2.09. The van der Waals surface area contributed by atoms with E-state index in [-0.39, 0.29) is 0 Å². The molecule has 1 rings (SSSR count). The molecule has 0 aliphatic heterocycles. The van der Waals surface area contributed by atoms with Crippen molar-refractivity contribution in [1.82, 2.24) is 0 Å². The zero-order chi connectivity index (χ0) is 10.7. The molecule has 0 saturated heterocycles. The maximum Gasteiger partial charge on any atom is 0.240 e. The Balaban J connectivity index is 3.02. The highest BCUT2D eigenvalue weighted by molar-refractivity contribution is 6.30. The van der Waals surface area contributed by atoms with Gasteiger partial charge in [-0.25, -0.2) is 0 Å². The maximum atomic E-state index is 10.8. The predicted octanol–water partition coefficient (Wildman–Crippen LogP) is 1.77. The van der Waals surface area contributed by atoms with Crippen LogP contribution in [-0.2, 0) is 4.79 Å². The second-order valence-electron chi connectivity index (χ2n) is 2.99. The summed E-state index contributed by atoms with van der Waals surface area (Å²) in [5.41, 5.74) is 6.71. The minimum atomic E-state index is -0.778. The SMILES string of the molecule is COc1ccc(C(Cl)C(N)=O)cc1C. The van der Waals surface area contributed by atoms with E-state index in [1.165, 1.54) is 0 Å². The molecule has 1 aromatic rings. The summed E-state index contributed by atoms with van der Waals surface area (Å²) in [5.74, 6) is 0.221. The molecule has 14 heavy (non-hydrogen) atoms. The number of amides is 1. The summed E-state index contributed by atoms with van der Waals surface area (Å²) in [5, 5.41) is -0.778. The highest BCUT2D eigenvalue weighted by atomic mass is 35.5. The summed E-state index contributed by atoms with van der Waals surface area (Å²) < 4.78 is 5.08. The fourth-order valence-electron chi connectivity index (χ4n) is 1.22. The maximum absolute atomic E-state index is 10.8. The van der Waals surface area contributed by atoms with Crippen LogP contribution in [0.5, 0.6) is 5.75 Å². The molecular weight excluding hydrogens is 202 g/mol. The zero-order valence-corrected chi connectivity index (χ0v) is 8.84. The molecule has 2 N–H and O–H groups in total. The summed E-state index contributed by atoms with van der Waals surface area (Å²) in [6.45, 7) is 1.88. The summed E-state index contributed by atoms with van der Waals surface area (Å²) in [6.07, 6.45) is 0. The van der Waals surface area contributed by atoms with Crippen LogP contribution in [0.2, 0.25) is 0 Å². The first-order chi connectivity index (χ1) is 6.56. The second-order valence-corrected chi connectivity index (χ2v) is 3.43. The van der Waals surface area contributed by atoms with Gasteiger partial charge < -0.3 is 10.5 Å². The molecule has 1 amide bonds. The van der Waals surface area contributed by atoms with Crippen molar-refractivity contribution in [1.29, 1.82) is 0 Å². The van der Waals surface area contributed by atoms with E-state index in [4.69, 9.17) is 22.1 Å². The number of methoxy groups -OCH3 is 1. The lowest BCUT2D eigenvalue weighted by Crippen LogP contribution is -2.17. The number of hydrogen-bond donors (Lipinski definition) is 1. The first kappa shape index (κ1) is 10.9. The van der Waals surface area contributed by atoms with Gasteiger partial charge >= 0.3 is 0 Å². The summed E-state index contributed by atoms with van der Waals surface area (Å²) in [7, 11) is 1.59. The molecule has 3 nitrogen and oxygen atoms in total. The van der Waals surface area contributed by atoms with Crippen molar-refractivity contribution in [2.45, 2.75) is 12.3 Å². The molecule has 0 spiro atoms. The van der Waals surface area contributed by atoms with Crippen LogP contribution in [0, 0.1) is 6.92 Å². The molecule has 1 atom stereocenters. The highest BCUT2D eigenvalue weighted by Crippen LogP contribution is 2.25. The van der Waals surface area contributed by atoms with E-state index in [2.05, 4.69) is 0 Å². The number of benzene rings is 1. The molecular formula is C10H12ClNO2. The van der Waals surface area contributed by atoms with Crippen LogP contribution in [0.3, 0.4) is 0 Å². The number of carbonyl (C=O) groups excluding carboxylic acids is 1. The summed E-state index contributed by atoms with van der Waals surface area (Å²) in [6, 6.07) is 5.29. The Labute approximate surface area is 87.8 Å². The van der Waals surface area contributed by atoms with Crippen molar-refractivity contribution in [3.05, 3.63) is 29.3 Å². The van der Waals surface area contributed by atoms with Gasteiger partial charge in [-0.3, -0.25) is 4.79 Å². The Morgan fingerprint density at radius 2 is 2.21 bits per heavy atom. The largest absolute Gasteiger partial charge is 0.496 e. The van der Waals surface area contributed by atoms with Crippen molar-refractivity contribution in [3.8, 4) is 5.75 Å². The third kappa shape index (κ3) is 2.17. The molecule has 0 heterocycles. The number of carbonyl (C=O) groups is 1. The molecule has 1 unspecified atom stereocenters. The van der Waals surface area contributed by atoms with E-state index in [9.17, 15) is 4.79 Å². The number of hydrogen-bond acceptors (Lipinski definition) is 2. The third-order valence-electron chi connectivity index (χ3n) is 1.96. The number of rotatable bonds is 3. The topological polar surface area (TPSA) is 52.3 Å². The number of halogens is 1. The Morgan fingerprint density at radius 3 is 2.64 bits per heavy atom. The normalized spacial score (nSPS) is 12.2. The fraction of sp³-hybridized carbons (Fsp3) is 0.300. The fourth-order valence-corrected chi connectivity index (χ4v) is 1.36. The molecule has 1 aromatic carbocycles. The lowest BCUT2D eigenvalue weighted by atomic mass is 10.1. The van der Waals surface area contributed by atoms with Crippen molar-refractivity contribution >= 4 is 17.5 Å². The average Bonchev–Trinajstić information content (AvgIpc) is 2.16. The van der Waals surface area contributed by atoms with Crippen LogP contribution < -0.4 is 10.5 Å². The van der Waals surface area contributed by atoms with Gasteiger partial charge in [-0.15, -0.1) is 11.6 Å². The van der Waals surface area contributed by atoms with E-state index < -0.39 is 11.3 Å². The van der Waals surface area contributed by atoms with E-state index in [1.54, 1.807) is 25.3 Å². The van der Waals surface area contributed by atoms with Gasteiger partial charge in [0.1, 0.15) is 11.1 Å². The highest BCUT2D eigenvalue weighted by Gasteiger charge is 2.14. The van der Waals surface area contributed by atoms with Crippen LogP contribution in [0.4, 0.5) is 0 Å². The quantitative estimate of drug-likeness (QED) is 0.778. The number of alkyl halides is 1. The Hall–Kier alpha value is -1.22. The number of primary amides is 1. The molecule has 0 fully saturated rings. The lowest BCUT2D eigenvalue weighted by molar-refractivity contribution is -0.117. The van der Waals surface area contributed by atoms with Gasteiger partial charge in [-0.2, -0.15) is 0 Å². The minimum Gasteiger partial charge on any atom is -0.496 e. The van der Waals surface area contributed by atoms with Gasteiger partial charge in [0, 0.05) is 0 Å². The van der Waals surface area contributed by atoms with Crippen LogP contribution >= 0.6 is 11.6 Å². The van der Waals surface area contributed by atoms with Gasteiger partial charge in [0.05, 0.1) is 7.11 Å². The standard InChI is InChI=1S/C10H12ClNO2/c1-6-5-7(9(11)10(12)13)3-4-8(6)14-2/h3-5,9H,1-2H3,(H2,12,13). The predicted molar refractivity (Wildman–Crippen MR) is 55.5 cm³/mol. The van der Waals surface area contributed by atoms with Crippen molar-refractivity contribution in [2.24, 2.45) is 5.73 Å². The summed E-state index contributed by atoms with van der Waals surface area (Å²) >= 11 is 5.79. The van der Waals surface area contributed by atoms with Crippen LogP contribution in [0.1, 0.15) is 16.5 Å². The molecule has 0 radical (unpaired) electrons. The third-order valence-corrected chi connectivity index (χ3v) is 2.43. The molecule has 4 heteroatoms. The van der Waals surface area contributed by atoms with Gasteiger partial charge in [-0.05, 0) is 24.1 Å². The second kappa shape index (κ2) is 4.33. The first-order valence-electron chi connectivity index (χ1n) is 4.14. The van der Waals surface area contributed by atoms with Gasteiger partial charge in [0.15, 0.2) is 0 Å². The van der Waals surface area contributed by atoms with E-state index in [0.29, 0.717) is 5.56 Å². The van der Waals surface area contributed by atoms with Gasteiger partial charge in [-0.1, -0.05) is 12.1 Å². The molecule has 76 valence electrons. The zero-order valence-electron chi connectivity index (χ0n) is 8.08. The molecule has 0 aliphatic rings. The Kier molecular flexibility index (Phi) is 3.36. The van der Waals surface area contributed by atoms with Crippen LogP contribution in [0.25, 0.3) is 0 Å². The van der Waals surface area contributed by atoms with E-state index in [1.807, 2.05) is 6.92 Å². The van der Waals surface area contributed by atoms with Gasteiger partial charge in [0.25, 0.3) is 0 Å². The number of nitrogens with two attached hydrogens (primary N) is 1. The number of aryl methyl sites for hydroxylation is 1. The van der Waals surface area contributed by atoms with E-state index >= 15 is 0 Å². The Bertz CT molecular complexity index is 352. The molecule has 0 bridgehead atoms. The molecule has 0 saturated carbocycles.